The number of nitrogens with zero attached hydrogens (tertiary/aromatic N) is 2. The number of aromatic nitrogens is 2. The van der Waals surface area contributed by atoms with Crippen molar-refractivity contribution in [2.24, 2.45) is 5.73 Å². The lowest BCUT2D eigenvalue weighted by atomic mass is 9.84. The summed E-state index contributed by atoms with van der Waals surface area (Å²) in [5.74, 6) is -0.736. The predicted molar refractivity (Wildman–Crippen MR) is 124 cm³/mol. The van der Waals surface area contributed by atoms with Crippen LogP contribution in [0.2, 0.25) is 0 Å². The molecule has 4 N–H and O–H groups in total. The van der Waals surface area contributed by atoms with E-state index in [4.69, 9.17) is 19.9 Å². The number of hydrogen-bond acceptors (Lipinski definition) is 7. The van der Waals surface area contributed by atoms with Crippen molar-refractivity contribution in [2.45, 2.75) is 12.8 Å². The van der Waals surface area contributed by atoms with Gasteiger partial charge in [0, 0.05) is 15.7 Å². The van der Waals surface area contributed by atoms with Crippen LogP contribution in [0.3, 0.4) is 0 Å². The van der Waals surface area contributed by atoms with E-state index in [-0.39, 0.29) is 23.8 Å². The zero-order valence-electron chi connectivity index (χ0n) is 18.1. The zero-order chi connectivity index (χ0) is 24.4. The highest BCUT2D eigenvalue weighted by Gasteiger charge is 2.34. The molecular formula is C23H19BrFN5O4. The van der Waals surface area contributed by atoms with Gasteiger partial charge in [-0.2, -0.15) is 5.26 Å². The van der Waals surface area contributed by atoms with E-state index in [9.17, 15) is 14.4 Å². The maximum atomic E-state index is 14.0. The molecule has 1 unspecified atom stereocenters. The van der Waals surface area contributed by atoms with Gasteiger partial charge in [0.15, 0.2) is 18.1 Å². The number of ether oxygens (including phenoxy) is 3. The summed E-state index contributed by atoms with van der Waals surface area (Å²) in [7, 11) is 1.46. The van der Waals surface area contributed by atoms with Gasteiger partial charge in [0.25, 0.3) is 5.91 Å². The molecule has 0 radical (unpaired) electrons. The molecule has 1 atom stereocenters. The number of methoxy groups -OCH3 is 1. The molecule has 4 rings (SSSR count). The number of nitriles is 1. The Labute approximate surface area is 202 Å². The van der Waals surface area contributed by atoms with Crippen LogP contribution >= 0.6 is 15.9 Å². The standard InChI is InChI=1S/C23H19BrFN5O4/c1-11-20-21(14(9-26)22(27)34-23(20)30-29-11)12-3-6-17(18(7-12)32-2)33-10-19(31)28-16-5-4-13(24)8-15(16)25/h3-8,21H,10,27H2,1-2H3,(H,28,31)(H,29,30). The highest BCUT2D eigenvalue weighted by molar-refractivity contribution is 9.10. The van der Waals surface area contributed by atoms with E-state index in [2.05, 4.69) is 37.5 Å². The van der Waals surface area contributed by atoms with Crippen LogP contribution in [0.25, 0.3) is 0 Å². The fraction of sp³-hybridized carbons (Fsp3) is 0.174. The van der Waals surface area contributed by atoms with E-state index in [1.54, 1.807) is 24.3 Å². The lowest BCUT2D eigenvalue weighted by Crippen LogP contribution is -2.21. The van der Waals surface area contributed by atoms with Crippen molar-refractivity contribution in [3.63, 3.8) is 0 Å². The Hall–Kier alpha value is -4.04. The summed E-state index contributed by atoms with van der Waals surface area (Å²) < 4.78 is 31.0. The highest BCUT2D eigenvalue weighted by Crippen LogP contribution is 2.44. The van der Waals surface area contributed by atoms with E-state index < -0.39 is 17.6 Å². The first-order chi connectivity index (χ1) is 16.3. The third kappa shape index (κ3) is 4.40. The first-order valence-corrected chi connectivity index (χ1v) is 10.8. The molecule has 0 spiro atoms. The first kappa shape index (κ1) is 23.1. The molecule has 0 fully saturated rings. The van der Waals surface area contributed by atoms with E-state index in [1.807, 2.05) is 6.92 Å². The number of allylic oxidation sites excluding steroid dienone is 1. The molecule has 1 aliphatic rings. The first-order valence-electron chi connectivity index (χ1n) is 10.0. The van der Waals surface area contributed by atoms with Gasteiger partial charge in [0.2, 0.25) is 11.8 Å². The van der Waals surface area contributed by atoms with Crippen molar-refractivity contribution >= 4 is 27.5 Å². The summed E-state index contributed by atoms with van der Waals surface area (Å²) in [6, 6.07) is 11.5. The van der Waals surface area contributed by atoms with Gasteiger partial charge in [0.1, 0.15) is 17.5 Å². The number of carbonyl (C=O) groups excluding carboxylic acids is 1. The second kappa shape index (κ2) is 9.44. The molecule has 3 aromatic rings. The Morgan fingerprint density at radius 3 is 2.85 bits per heavy atom. The number of halogens is 2. The van der Waals surface area contributed by atoms with Gasteiger partial charge in [-0.25, -0.2) is 4.39 Å². The summed E-state index contributed by atoms with van der Waals surface area (Å²) in [4.78, 5) is 12.3. The fourth-order valence-electron chi connectivity index (χ4n) is 3.64. The molecule has 2 heterocycles. The molecule has 9 nitrogen and oxygen atoms in total. The topological polar surface area (TPSA) is 135 Å². The van der Waals surface area contributed by atoms with Gasteiger partial charge in [0.05, 0.1) is 18.7 Å². The number of H-pyrrole nitrogens is 1. The van der Waals surface area contributed by atoms with Gasteiger partial charge in [-0.15, -0.1) is 5.10 Å². The molecule has 0 saturated carbocycles. The van der Waals surface area contributed by atoms with E-state index in [0.29, 0.717) is 33.0 Å². The third-order valence-corrected chi connectivity index (χ3v) is 5.71. The Morgan fingerprint density at radius 1 is 1.35 bits per heavy atom. The van der Waals surface area contributed by atoms with Gasteiger partial charge in [-0.1, -0.05) is 22.0 Å². The number of hydrogen-bond donors (Lipinski definition) is 3. The second-order valence-corrected chi connectivity index (χ2v) is 8.28. The molecule has 0 bridgehead atoms. The van der Waals surface area contributed by atoms with Gasteiger partial charge >= 0.3 is 0 Å². The summed E-state index contributed by atoms with van der Waals surface area (Å²) in [6.07, 6.45) is 0. The minimum absolute atomic E-state index is 0.0253. The second-order valence-electron chi connectivity index (χ2n) is 7.36. The highest BCUT2D eigenvalue weighted by atomic mass is 79.9. The fourth-order valence-corrected chi connectivity index (χ4v) is 3.97. The largest absolute Gasteiger partial charge is 0.493 e. The predicted octanol–water partition coefficient (Wildman–Crippen LogP) is 3.86. The number of nitrogens with two attached hydrogens (primary N) is 1. The third-order valence-electron chi connectivity index (χ3n) is 5.21. The molecule has 1 aliphatic heterocycles. The van der Waals surface area contributed by atoms with Gasteiger partial charge in [-0.3, -0.25) is 9.89 Å². The molecular weight excluding hydrogens is 509 g/mol. The maximum Gasteiger partial charge on any atom is 0.262 e. The number of nitrogens with one attached hydrogen (secondary N) is 2. The van der Waals surface area contributed by atoms with Crippen molar-refractivity contribution in [2.75, 3.05) is 19.0 Å². The number of aromatic amines is 1. The molecule has 11 heteroatoms. The monoisotopic (exact) mass is 527 g/mol. The number of benzene rings is 2. The van der Waals surface area contributed by atoms with Crippen LogP contribution in [-0.4, -0.2) is 29.8 Å². The Balaban J connectivity index is 1.56. The summed E-state index contributed by atoms with van der Waals surface area (Å²) in [5, 5.41) is 19.1. The molecule has 1 amide bonds. The average Bonchev–Trinajstić information content (AvgIpc) is 3.18. The van der Waals surface area contributed by atoms with Crippen LogP contribution in [-0.2, 0) is 4.79 Å². The lowest BCUT2D eigenvalue weighted by molar-refractivity contribution is -0.118. The molecule has 174 valence electrons. The van der Waals surface area contributed by atoms with Crippen LogP contribution in [0.4, 0.5) is 10.1 Å². The van der Waals surface area contributed by atoms with E-state index in [0.717, 1.165) is 5.69 Å². The summed E-state index contributed by atoms with van der Waals surface area (Å²) >= 11 is 3.17. The Morgan fingerprint density at radius 2 is 2.15 bits per heavy atom. The summed E-state index contributed by atoms with van der Waals surface area (Å²) in [5.41, 5.74) is 8.35. The molecule has 0 aliphatic carbocycles. The van der Waals surface area contributed by atoms with E-state index >= 15 is 0 Å². The quantitative estimate of drug-likeness (QED) is 0.442. The Bertz CT molecular complexity index is 1350. The van der Waals surface area contributed by atoms with E-state index in [1.165, 1.54) is 19.2 Å². The molecule has 0 saturated heterocycles. The number of amides is 1. The SMILES string of the molecule is COc1cc(C2C(C#N)=C(N)Oc3n[nH]c(C)c32)ccc1OCC(=O)Nc1ccc(Br)cc1F. The smallest absolute Gasteiger partial charge is 0.262 e. The average molecular weight is 528 g/mol. The van der Waals surface area contributed by atoms with Crippen molar-refractivity contribution < 1.29 is 23.4 Å². The number of fused-ring (bicyclic) bond motifs is 1. The van der Waals surface area contributed by atoms with Crippen molar-refractivity contribution in [3.8, 4) is 23.4 Å². The van der Waals surface area contributed by atoms with Crippen molar-refractivity contribution in [1.29, 1.82) is 5.26 Å². The maximum absolute atomic E-state index is 14.0. The van der Waals surface area contributed by atoms with Crippen LogP contribution in [0.5, 0.6) is 17.4 Å². The van der Waals surface area contributed by atoms with Crippen LogP contribution < -0.4 is 25.3 Å². The van der Waals surface area contributed by atoms with Gasteiger partial charge < -0.3 is 25.3 Å². The minimum atomic E-state index is -0.573. The molecule has 2 aromatic carbocycles. The zero-order valence-corrected chi connectivity index (χ0v) is 19.7. The number of anilines is 1. The summed E-state index contributed by atoms with van der Waals surface area (Å²) in [6.45, 7) is 1.45. The molecule has 34 heavy (non-hydrogen) atoms. The van der Waals surface area contributed by atoms with Crippen LogP contribution in [0.15, 0.2) is 52.3 Å². The van der Waals surface area contributed by atoms with Crippen LogP contribution in [0.1, 0.15) is 22.7 Å². The number of rotatable bonds is 6. The van der Waals surface area contributed by atoms with Crippen molar-refractivity contribution in [3.05, 3.63) is 75.0 Å². The van der Waals surface area contributed by atoms with Gasteiger partial charge in [-0.05, 0) is 42.8 Å². The van der Waals surface area contributed by atoms with Crippen molar-refractivity contribution in [1.82, 2.24) is 10.2 Å². The Kier molecular flexibility index (Phi) is 6.43. The number of aryl methyl sites for hydroxylation is 1. The lowest BCUT2D eigenvalue weighted by Gasteiger charge is -2.24. The minimum Gasteiger partial charge on any atom is -0.493 e. The van der Waals surface area contributed by atoms with Crippen LogP contribution in [0, 0.1) is 24.1 Å². The number of carbonyl (C=O) groups is 1. The normalized spacial score (nSPS) is 14.6. The molecule has 1 aromatic heterocycles.